The molecule has 1 saturated heterocycles. The van der Waals surface area contributed by atoms with E-state index in [-0.39, 0.29) is 11.8 Å². The number of anilines is 1. The van der Waals surface area contributed by atoms with Crippen LogP contribution in [0.1, 0.15) is 6.42 Å². The highest BCUT2D eigenvalue weighted by Crippen LogP contribution is 2.34. The van der Waals surface area contributed by atoms with Crippen LogP contribution in [-0.2, 0) is 0 Å². The zero-order chi connectivity index (χ0) is 18.1. The van der Waals surface area contributed by atoms with Crippen LogP contribution in [0, 0.1) is 0 Å². The van der Waals surface area contributed by atoms with Gasteiger partial charge in [-0.05, 0) is 25.2 Å². The SMILES string of the molecule is CN1C[C@@H](F)C[C@H](Nc2nnc(-c3ccccc3O)c3ccncc23)C1. The summed E-state index contributed by atoms with van der Waals surface area (Å²) in [6.45, 7) is 1.20. The summed E-state index contributed by atoms with van der Waals surface area (Å²) in [5.74, 6) is 0.731. The fourth-order valence-corrected chi connectivity index (χ4v) is 3.52. The molecule has 0 spiro atoms. The Balaban J connectivity index is 1.74. The monoisotopic (exact) mass is 353 g/mol. The predicted molar refractivity (Wildman–Crippen MR) is 98.9 cm³/mol. The third-order valence-electron chi connectivity index (χ3n) is 4.66. The van der Waals surface area contributed by atoms with Gasteiger partial charge in [-0.2, -0.15) is 0 Å². The molecular formula is C19H20FN5O. The van der Waals surface area contributed by atoms with E-state index in [4.69, 9.17) is 0 Å². The third kappa shape index (κ3) is 3.17. The molecule has 26 heavy (non-hydrogen) atoms. The van der Waals surface area contributed by atoms with Crippen LogP contribution in [0.2, 0.25) is 0 Å². The van der Waals surface area contributed by atoms with Crippen LogP contribution in [0.4, 0.5) is 10.2 Å². The van der Waals surface area contributed by atoms with Crippen molar-refractivity contribution in [3.63, 3.8) is 0 Å². The molecule has 1 aliphatic rings. The first-order chi connectivity index (χ1) is 12.6. The predicted octanol–water partition coefficient (Wildman–Crippen LogP) is 2.85. The van der Waals surface area contributed by atoms with E-state index in [0.29, 0.717) is 30.0 Å². The Morgan fingerprint density at radius 1 is 1.15 bits per heavy atom. The number of halogens is 1. The summed E-state index contributed by atoms with van der Waals surface area (Å²) >= 11 is 0. The van der Waals surface area contributed by atoms with E-state index in [2.05, 4.69) is 20.5 Å². The summed E-state index contributed by atoms with van der Waals surface area (Å²) in [5.41, 5.74) is 1.21. The van der Waals surface area contributed by atoms with Crippen LogP contribution in [0.5, 0.6) is 5.75 Å². The first-order valence-corrected chi connectivity index (χ1v) is 8.59. The number of piperidine rings is 1. The van der Waals surface area contributed by atoms with Crippen molar-refractivity contribution in [2.24, 2.45) is 0 Å². The van der Waals surface area contributed by atoms with Crippen LogP contribution >= 0.6 is 0 Å². The van der Waals surface area contributed by atoms with Gasteiger partial charge in [0, 0.05) is 54.3 Å². The number of hydrogen-bond acceptors (Lipinski definition) is 6. The van der Waals surface area contributed by atoms with Crippen molar-refractivity contribution < 1.29 is 9.50 Å². The molecule has 0 unspecified atom stereocenters. The largest absolute Gasteiger partial charge is 0.507 e. The number of phenols is 1. The Hall–Kier alpha value is -2.80. The fraction of sp³-hybridized carbons (Fsp3) is 0.316. The van der Waals surface area contributed by atoms with Gasteiger partial charge in [-0.1, -0.05) is 12.1 Å². The Morgan fingerprint density at radius 2 is 2.00 bits per heavy atom. The molecule has 0 amide bonds. The second kappa shape index (κ2) is 6.84. The maximum absolute atomic E-state index is 13.9. The van der Waals surface area contributed by atoms with Gasteiger partial charge < -0.3 is 15.3 Å². The van der Waals surface area contributed by atoms with Gasteiger partial charge in [0.05, 0.1) is 0 Å². The van der Waals surface area contributed by atoms with Gasteiger partial charge in [0.15, 0.2) is 5.82 Å². The Morgan fingerprint density at radius 3 is 2.81 bits per heavy atom. The van der Waals surface area contributed by atoms with E-state index in [1.807, 2.05) is 24.1 Å². The number of nitrogens with one attached hydrogen (secondary N) is 1. The molecule has 1 fully saturated rings. The number of alkyl halides is 1. The quantitative estimate of drug-likeness (QED) is 0.754. The molecule has 3 heterocycles. The smallest absolute Gasteiger partial charge is 0.158 e. The van der Waals surface area contributed by atoms with E-state index in [0.717, 1.165) is 17.3 Å². The Kier molecular flexibility index (Phi) is 4.38. The number of hydrogen-bond donors (Lipinski definition) is 2. The van der Waals surface area contributed by atoms with Crippen molar-refractivity contribution in [3.05, 3.63) is 42.7 Å². The van der Waals surface area contributed by atoms with Crippen molar-refractivity contribution in [3.8, 4) is 17.0 Å². The normalized spacial score (nSPS) is 21.0. The number of pyridine rings is 1. The van der Waals surface area contributed by atoms with E-state index in [1.165, 1.54) is 0 Å². The van der Waals surface area contributed by atoms with Gasteiger partial charge in [0.25, 0.3) is 0 Å². The van der Waals surface area contributed by atoms with Crippen LogP contribution in [-0.4, -0.2) is 57.5 Å². The lowest BCUT2D eigenvalue weighted by atomic mass is 10.0. The molecule has 0 bridgehead atoms. The minimum atomic E-state index is -0.857. The van der Waals surface area contributed by atoms with Crippen molar-refractivity contribution in [1.82, 2.24) is 20.1 Å². The van der Waals surface area contributed by atoms with Gasteiger partial charge in [0.1, 0.15) is 17.6 Å². The second-order valence-electron chi connectivity index (χ2n) is 6.73. The first-order valence-electron chi connectivity index (χ1n) is 8.59. The Labute approximate surface area is 150 Å². The molecule has 2 aromatic heterocycles. The summed E-state index contributed by atoms with van der Waals surface area (Å²) in [6.07, 6.45) is 2.98. The molecule has 4 rings (SSSR count). The average Bonchev–Trinajstić information content (AvgIpc) is 2.62. The van der Waals surface area contributed by atoms with Gasteiger partial charge in [-0.3, -0.25) is 4.98 Å². The van der Waals surface area contributed by atoms with E-state index in [9.17, 15) is 9.50 Å². The molecule has 3 aromatic rings. The van der Waals surface area contributed by atoms with Gasteiger partial charge in [0.2, 0.25) is 0 Å². The maximum atomic E-state index is 13.9. The summed E-state index contributed by atoms with van der Waals surface area (Å²) in [4.78, 5) is 6.17. The molecule has 134 valence electrons. The number of fused-ring (bicyclic) bond motifs is 1. The topological polar surface area (TPSA) is 74.2 Å². The van der Waals surface area contributed by atoms with Crippen LogP contribution in [0.3, 0.4) is 0 Å². The highest BCUT2D eigenvalue weighted by molar-refractivity contribution is 6.00. The molecular weight excluding hydrogens is 333 g/mol. The summed E-state index contributed by atoms with van der Waals surface area (Å²) in [5, 5.41) is 23.8. The summed E-state index contributed by atoms with van der Waals surface area (Å²) < 4.78 is 13.9. The lowest BCUT2D eigenvalue weighted by molar-refractivity contribution is 0.153. The number of likely N-dealkylation sites (tertiary alicyclic amines) is 1. The lowest BCUT2D eigenvalue weighted by Crippen LogP contribution is -2.45. The number of nitrogens with zero attached hydrogens (tertiary/aromatic N) is 4. The lowest BCUT2D eigenvalue weighted by Gasteiger charge is -2.32. The van der Waals surface area contributed by atoms with E-state index < -0.39 is 6.17 Å². The zero-order valence-corrected chi connectivity index (χ0v) is 14.4. The van der Waals surface area contributed by atoms with Crippen LogP contribution < -0.4 is 5.32 Å². The molecule has 6 nitrogen and oxygen atoms in total. The molecule has 1 aliphatic heterocycles. The number of aromatic nitrogens is 3. The highest BCUT2D eigenvalue weighted by atomic mass is 19.1. The number of phenolic OH excluding ortho intramolecular Hbond substituents is 1. The van der Waals surface area contributed by atoms with Crippen molar-refractivity contribution >= 4 is 16.6 Å². The second-order valence-corrected chi connectivity index (χ2v) is 6.73. The Bertz CT molecular complexity index is 925. The zero-order valence-electron chi connectivity index (χ0n) is 14.4. The van der Waals surface area contributed by atoms with Gasteiger partial charge in [-0.15, -0.1) is 10.2 Å². The number of rotatable bonds is 3. The number of aromatic hydroxyl groups is 1. The number of para-hydroxylation sites is 1. The average molecular weight is 353 g/mol. The first kappa shape index (κ1) is 16.7. The van der Waals surface area contributed by atoms with E-state index in [1.54, 1.807) is 30.6 Å². The van der Waals surface area contributed by atoms with Gasteiger partial charge in [-0.25, -0.2) is 4.39 Å². The minimum Gasteiger partial charge on any atom is -0.507 e. The highest BCUT2D eigenvalue weighted by Gasteiger charge is 2.26. The summed E-state index contributed by atoms with van der Waals surface area (Å²) in [6, 6.07) is 8.83. The third-order valence-corrected chi connectivity index (χ3v) is 4.66. The van der Waals surface area contributed by atoms with Crippen molar-refractivity contribution in [1.29, 1.82) is 0 Å². The summed E-state index contributed by atoms with van der Waals surface area (Å²) in [7, 11) is 1.91. The maximum Gasteiger partial charge on any atom is 0.158 e. The van der Waals surface area contributed by atoms with E-state index >= 15 is 0 Å². The fourth-order valence-electron chi connectivity index (χ4n) is 3.52. The molecule has 2 N–H and O–H groups in total. The van der Waals surface area contributed by atoms with Crippen LogP contribution in [0.15, 0.2) is 42.7 Å². The molecule has 0 saturated carbocycles. The molecule has 2 atom stereocenters. The minimum absolute atomic E-state index is 0.0440. The molecule has 7 heteroatoms. The van der Waals surface area contributed by atoms with Crippen molar-refractivity contribution in [2.75, 3.05) is 25.5 Å². The molecule has 0 radical (unpaired) electrons. The van der Waals surface area contributed by atoms with Crippen LogP contribution in [0.25, 0.3) is 22.0 Å². The standard InChI is InChI=1S/C19H20FN5O/c1-25-10-12(20)8-13(11-25)22-19-16-9-21-7-6-14(16)18(23-24-19)15-4-2-3-5-17(15)26/h2-7,9,12-13,26H,8,10-11H2,1H3,(H,22,24)/t12-,13-/m0/s1. The molecule has 1 aromatic carbocycles. The van der Waals surface area contributed by atoms with Gasteiger partial charge >= 0.3 is 0 Å². The van der Waals surface area contributed by atoms with Crippen molar-refractivity contribution in [2.45, 2.75) is 18.6 Å². The molecule has 0 aliphatic carbocycles. The number of benzene rings is 1. The number of likely N-dealkylation sites (N-methyl/N-ethyl adjacent to an activating group) is 1.